The summed E-state index contributed by atoms with van der Waals surface area (Å²) in [4.78, 5) is 27.4. The minimum atomic E-state index is -0.884. The smallest absolute Gasteiger partial charge is 0.349 e. The van der Waals surface area contributed by atoms with E-state index in [0.717, 1.165) is 4.40 Å². The molecule has 2 heterocycles. The highest BCUT2D eigenvalue weighted by Crippen LogP contribution is 2.15. The van der Waals surface area contributed by atoms with Crippen LogP contribution < -0.4 is 5.56 Å². The summed E-state index contributed by atoms with van der Waals surface area (Å²) >= 11 is 3.23. The second kappa shape index (κ2) is 4.77. The number of hydrogen-bond acceptors (Lipinski definition) is 5. The van der Waals surface area contributed by atoms with Gasteiger partial charge in [-0.15, -0.1) is 0 Å². The van der Waals surface area contributed by atoms with E-state index in [4.69, 9.17) is 4.74 Å². The summed E-state index contributed by atoms with van der Waals surface area (Å²) in [5.74, 6) is -1.51. The monoisotopic (exact) mass is 312 g/mol. The highest BCUT2D eigenvalue weighted by molar-refractivity contribution is 9.10. The predicted octanol–water partition coefficient (Wildman–Crippen LogP) is 1.34. The largest absolute Gasteiger partial charge is 0.492 e. The Morgan fingerprint density at radius 1 is 1.61 bits per heavy atom. The van der Waals surface area contributed by atoms with Gasteiger partial charge in [0.15, 0.2) is 5.56 Å². The van der Waals surface area contributed by atoms with Crippen LogP contribution >= 0.6 is 15.9 Å². The van der Waals surface area contributed by atoms with Crippen LogP contribution in [-0.2, 0) is 4.74 Å². The quantitative estimate of drug-likeness (QED) is 0.846. The van der Waals surface area contributed by atoms with Gasteiger partial charge in [0.2, 0.25) is 5.88 Å². The lowest BCUT2D eigenvalue weighted by molar-refractivity contribution is 0.0519. The van der Waals surface area contributed by atoms with E-state index >= 15 is 0 Å². The van der Waals surface area contributed by atoms with Crippen molar-refractivity contribution in [1.29, 1.82) is 0 Å². The summed E-state index contributed by atoms with van der Waals surface area (Å²) in [6, 6.07) is 3.18. The number of halogens is 1. The summed E-state index contributed by atoms with van der Waals surface area (Å²) in [5, 5.41) is 9.64. The molecule has 0 aliphatic heterocycles. The normalized spacial score (nSPS) is 10.6. The number of esters is 1. The van der Waals surface area contributed by atoms with E-state index in [-0.39, 0.29) is 12.3 Å². The van der Waals surface area contributed by atoms with Gasteiger partial charge in [0, 0.05) is 10.7 Å². The summed E-state index contributed by atoms with van der Waals surface area (Å²) in [7, 11) is 0. The van der Waals surface area contributed by atoms with E-state index in [9.17, 15) is 14.7 Å². The fraction of sp³-hybridized carbons (Fsp3) is 0.182. The minimum absolute atomic E-state index is 0.112. The molecule has 1 N–H and O–H groups in total. The van der Waals surface area contributed by atoms with Crippen molar-refractivity contribution in [1.82, 2.24) is 9.38 Å². The van der Waals surface area contributed by atoms with Crippen LogP contribution in [0.5, 0.6) is 5.88 Å². The summed E-state index contributed by atoms with van der Waals surface area (Å²) in [6.07, 6.45) is 1.46. The topological polar surface area (TPSA) is 80.9 Å². The van der Waals surface area contributed by atoms with E-state index < -0.39 is 23.0 Å². The average Bonchev–Trinajstić information content (AvgIpc) is 2.28. The molecule has 0 saturated heterocycles. The Labute approximate surface area is 110 Å². The number of fused-ring (bicyclic) bond motifs is 1. The molecule has 18 heavy (non-hydrogen) atoms. The van der Waals surface area contributed by atoms with Crippen LogP contribution in [0.25, 0.3) is 5.65 Å². The molecule has 0 unspecified atom stereocenters. The highest BCUT2D eigenvalue weighted by Gasteiger charge is 2.20. The number of nitrogens with zero attached hydrogens (tertiary/aromatic N) is 2. The molecule has 0 fully saturated rings. The first-order chi connectivity index (χ1) is 8.54. The molecule has 2 aromatic heterocycles. The minimum Gasteiger partial charge on any atom is -0.492 e. The Kier molecular flexibility index (Phi) is 3.33. The molecule has 0 aliphatic rings. The van der Waals surface area contributed by atoms with E-state index in [2.05, 4.69) is 20.9 Å². The summed E-state index contributed by atoms with van der Waals surface area (Å²) in [6.45, 7) is 1.72. The highest BCUT2D eigenvalue weighted by atomic mass is 79.9. The van der Waals surface area contributed by atoms with Gasteiger partial charge in [-0.2, -0.15) is 4.98 Å². The second-order valence-corrected chi connectivity index (χ2v) is 4.32. The number of hydrogen-bond donors (Lipinski definition) is 1. The Morgan fingerprint density at radius 2 is 2.33 bits per heavy atom. The van der Waals surface area contributed by atoms with Crippen molar-refractivity contribution in [2.24, 2.45) is 0 Å². The second-order valence-electron chi connectivity index (χ2n) is 3.41. The summed E-state index contributed by atoms with van der Waals surface area (Å²) in [5.41, 5.74) is -0.889. The number of pyridine rings is 1. The molecule has 0 radical (unpaired) electrons. The molecule has 0 spiro atoms. The van der Waals surface area contributed by atoms with Gasteiger partial charge in [0.25, 0.3) is 5.56 Å². The van der Waals surface area contributed by atoms with Crippen molar-refractivity contribution < 1.29 is 14.6 Å². The van der Waals surface area contributed by atoms with Crippen LogP contribution in [0.3, 0.4) is 0 Å². The van der Waals surface area contributed by atoms with Gasteiger partial charge >= 0.3 is 5.97 Å². The molecular formula is C11H9BrN2O4. The maximum atomic E-state index is 12.0. The van der Waals surface area contributed by atoms with Crippen LogP contribution in [0, 0.1) is 0 Å². The SMILES string of the molecule is CCOC(=O)c1c(O)nc2cc(Br)ccn2c1=O. The maximum Gasteiger partial charge on any atom is 0.349 e. The van der Waals surface area contributed by atoms with Crippen molar-refractivity contribution in [2.45, 2.75) is 6.92 Å². The van der Waals surface area contributed by atoms with Crippen molar-refractivity contribution in [3.05, 3.63) is 38.7 Å². The van der Waals surface area contributed by atoms with Gasteiger partial charge in [-0.25, -0.2) is 4.79 Å². The van der Waals surface area contributed by atoms with Crippen LogP contribution in [0.1, 0.15) is 17.3 Å². The first-order valence-corrected chi connectivity index (χ1v) is 5.92. The third kappa shape index (κ3) is 2.08. The van der Waals surface area contributed by atoms with Crippen LogP contribution in [0.2, 0.25) is 0 Å². The van der Waals surface area contributed by atoms with Gasteiger partial charge in [-0.05, 0) is 19.1 Å². The lowest BCUT2D eigenvalue weighted by Gasteiger charge is -2.06. The Morgan fingerprint density at radius 3 is 3.00 bits per heavy atom. The molecule has 6 nitrogen and oxygen atoms in total. The fourth-order valence-electron chi connectivity index (χ4n) is 1.48. The number of carbonyl (C=O) groups excluding carboxylic acids is 1. The number of aromatic nitrogens is 2. The van der Waals surface area contributed by atoms with Crippen molar-refractivity contribution in [3.63, 3.8) is 0 Å². The van der Waals surface area contributed by atoms with Gasteiger partial charge < -0.3 is 9.84 Å². The van der Waals surface area contributed by atoms with Crippen molar-refractivity contribution in [3.8, 4) is 5.88 Å². The third-order valence-corrected chi connectivity index (χ3v) is 2.75. The van der Waals surface area contributed by atoms with Crippen LogP contribution in [-0.4, -0.2) is 27.1 Å². The van der Waals surface area contributed by atoms with E-state index in [0.29, 0.717) is 4.47 Å². The molecule has 0 saturated carbocycles. The molecule has 2 aromatic rings. The van der Waals surface area contributed by atoms with Gasteiger partial charge in [0.1, 0.15) is 5.65 Å². The van der Waals surface area contributed by atoms with E-state index in [1.807, 2.05) is 0 Å². The van der Waals surface area contributed by atoms with E-state index in [1.165, 1.54) is 6.20 Å². The fourth-order valence-corrected chi connectivity index (χ4v) is 1.81. The number of carbonyl (C=O) groups is 1. The Balaban J connectivity index is 2.73. The molecule has 0 atom stereocenters. The predicted molar refractivity (Wildman–Crippen MR) is 66.8 cm³/mol. The molecule has 0 bridgehead atoms. The molecule has 0 amide bonds. The zero-order chi connectivity index (χ0) is 13.3. The zero-order valence-electron chi connectivity index (χ0n) is 9.38. The van der Waals surface area contributed by atoms with Crippen molar-refractivity contribution >= 4 is 27.5 Å². The van der Waals surface area contributed by atoms with Gasteiger partial charge in [0.05, 0.1) is 6.61 Å². The number of rotatable bonds is 2. The van der Waals surface area contributed by atoms with E-state index in [1.54, 1.807) is 19.1 Å². The maximum absolute atomic E-state index is 12.0. The number of aromatic hydroxyl groups is 1. The molecule has 94 valence electrons. The van der Waals surface area contributed by atoms with Gasteiger partial charge in [-0.1, -0.05) is 15.9 Å². The summed E-state index contributed by atoms with van der Waals surface area (Å²) < 4.78 is 6.57. The Hall–Kier alpha value is -1.89. The van der Waals surface area contributed by atoms with Crippen molar-refractivity contribution in [2.75, 3.05) is 6.61 Å². The third-order valence-electron chi connectivity index (χ3n) is 2.25. The lowest BCUT2D eigenvalue weighted by atomic mass is 10.3. The molecule has 0 aliphatic carbocycles. The van der Waals surface area contributed by atoms with Crippen LogP contribution in [0.15, 0.2) is 27.6 Å². The Bertz CT molecular complexity index is 681. The standard InChI is InChI=1S/C11H9BrN2O4/c1-2-18-11(17)8-9(15)13-7-5-6(12)3-4-14(7)10(8)16/h3-5,15H,2H2,1H3. The lowest BCUT2D eigenvalue weighted by Crippen LogP contribution is -2.24. The number of ether oxygens (including phenoxy) is 1. The average molecular weight is 313 g/mol. The molecule has 0 aromatic carbocycles. The first-order valence-electron chi connectivity index (χ1n) is 5.12. The van der Waals surface area contributed by atoms with Gasteiger partial charge in [-0.3, -0.25) is 9.20 Å². The molecule has 2 rings (SSSR count). The zero-order valence-corrected chi connectivity index (χ0v) is 11.0. The van der Waals surface area contributed by atoms with Crippen LogP contribution in [0.4, 0.5) is 0 Å². The molecule has 7 heteroatoms. The first kappa shape index (κ1) is 12.6. The molecular weight excluding hydrogens is 304 g/mol.